The van der Waals surface area contributed by atoms with Crippen molar-refractivity contribution in [3.05, 3.63) is 57.7 Å². The summed E-state index contributed by atoms with van der Waals surface area (Å²) in [5.41, 5.74) is 1.31. The van der Waals surface area contributed by atoms with Crippen LogP contribution in [0.25, 0.3) is 0 Å². The highest BCUT2D eigenvalue weighted by atomic mass is 127. The van der Waals surface area contributed by atoms with Gasteiger partial charge in [0, 0.05) is 14.9 Å². The van der Waals surface area contributed by atoms with Gasteiger partial charge in [-0.2, -0.15) is 5.26 Å². The van der Waals surface area contributed by atoms with E-state index in [1.807, 2.05) is 12.1 Å². The molecule has 0 radical (unpaired) electrons. The number of halogens is 1. The zero-order chi connectivity index (χ0) is 18.9. The number of rotatable bonds is 6. The van der Waals surface area contributed by atoms with Crippen LogP contribution < -0.4 is 10.6 Å². The summed E-state index contributed by atoms with van der Waals surface area (Å²) in [6.45, 7) is -0.411. The van der Waals surface area contributed by atoms with E-state index >= 15 is 0 Å². The molecule has 0 saturated heterocycles. The minimum atomic E-state index is -0.655. The number of nitrogens with one attached hydrogen (secondary N) is 2. The molecule has 0 saturated carbocycles. The number of ether oxygens (including phenoxy) is 1. The minimum Gasteiger partial charge on any atom is -0.452 e. The monoisotopic (exact) mass is 463 g/mol. The van der Waals surface area contributed by atoms with Crippen LogP contribution >= 0.6 is 22.6 Å². The van der Waals surface area contributed by atoms with Gasteiger partial charge in [0.25, 0.3) is 5.91 Å². The van der Waals surface area contributed by atoms with Gasteiger partial charge in [0.15, 0.2) is 6.61 Å². The number of nitrogens with zero attached hydrogens (tertiary/aromatic N) is 1. The van der Waals surface area contributed by atoms with Crippen LogP contribution in [0.2, 0.25) is 0 Å². The molecule has 0 heterocycles. The molecule has 2 N–H and O–H groups in total. The van der Waals surface area contributed by atoms with Gasteiger partial charge in [-0.3, -0.25) is 9.59 Å². The Morgan fingerprint density at radius 3 is 2.04 bits per heavy atom. The first-order chi connectivity index (χ1) is 12.5. The first kappa shape index (κ1) is 19.4. The number of nitriles is 1. The molecule has 0 bridgehead atoms. The van der Waals surface area contributed by atoms with Gasteiger partial charge in [0.1, 0.15) is 6.42 Å². The quantitative estimate of drug-likeness (QED) is 0.506. The molecule has 26 heavy (non-hydrogen) atoms. The third-order valence-electron chi connectivity index (χ3n) is 3.11. The summed E-state index contributed by atoms with van der Waals surface area (Å²) in [6, 6.07) is 14.9. The molecule has 2 amide bonds. The van der Waals surface area contributed by atoms with Gasteiger partial charge >= 0.3 is 5.97 Å². The Labute approximate surface area is 163 Å². The van der Waals surface area contributed by atoms with Crippen LogP contribution in [-0.2, 0) is 14.3 Å². The standard InChI is InChI=1S/C18H14IN3O4/c19-13-3-7-15(8-4-13)22-17(24)11-26-18(25)12-1-5-14(6-2-12)21-16(23)9-10-20/h1-8H,9,11H2,(H,21,23)(H,22,24). The zero-order valence-corrected chi connectivity index (χ0v) is 15.6. The molecular weight excluding hydrogens is 449 g/mol. The van der Waals surface area contributed by atoms with Gasteiger partial charge in [0.05, 0.1) is 11.6 Å². The van der Waals surface area contributed by atoms with E-state index in [-0.39, 0.29) is 12.0 Å². The molecule has 0 aliphatic rings. The largest absolute Gasteiger partial charge is 0.452 e. The van der Waals surface area contributed by atoms with Gasteiger partial charge < -0.3 is 15.4 Å². The first-order valence-corrected chi connectivity index (χ1v) is 8.55. The summed E-state index contributed by atoms with van der Waals surface area (Å²) in [4.78, 5) is 35.1. The van der Waals surface area contributed by atoms with Gasteiger partial charge in [-0.15, -0.1) is 0 Å². The third-order valence-corrected chi connectivity index (χ3v) is 3.83. The van der Waals surface area contributed by atoms with E-state index in [9.17, 15) is 14.4 Å². The number of anilines is 2. The zero-order valence-electron chi connectivity index (χ0n) is 13.5. The number of amides is 2. The molecule has 0 aliphatic heterocycles. The van der Waals surface area contributed by atoms with Crippen molar-refractivity contribution in [3.63, 3.8) is 0 Å². The van der Waals surface area contributed by atoms with Gasteiger partial charge in [-0.25, -0.2) is 4.79 Å². The van der Waals surface area contributed by atoms with Crippen molar-refractivity contribution in [2.75, 3.05) is 17.2 Å². The van der Waals surface area contributed by atoms with Crippen molar-refractivity contribution < 1.29 is 19.1 Å². The Morgan fingerprint density at radius 1 is 0.923 bits per heavy atom. The molecule has 2 rings (SSSR count). The Morgan fingerprint density at radius 2 is 1.46 bits per heavy atom. The number of esters is 1. The number of carbonyl (C=O) groups is 3. The van der Waals surface area contributed by atoms with Gasteiger partial charge in [0.2, 0.25) is 5.91 Å². The maximum Gasteiger partial charge on any atom is 0.338 e. The van der Waals surface area contributed by atoms with Crippen molar-refractivity contribution in [2.45, 2.75) is 6.42 Å². The highest BCUT2D eigenvalue weighted by molar-refractivity contribution is 14.1. The summed E-state index contributed by atoms with van der Waals surface area (Å²) in [7, 11) is 0. The lowest BCUT2D eigenvalue weighted by atomic mass is 10.2. The van der Waals surface area contributed by atoms with Crippen LogP contribution in [0.15, 0.2) is 48.5 Å². The molecule has 8 heteroatoms. The lowest BCUT2D eigenvalue weighted by Gasteiger charge is -2.07. The topological polar surface area (TPSA) is 108 Å². The molecule has 7 nitrogen and oxygen atoms in total. The second-order valence-electron chi connectivity index (χ2n) is 5.09. The predicted molar refractivity (Wildman–Crippen MR) is 103 cm³/mol. The van der Waals surface area contributed by atoms with Gasteiger partial charge in [-0.1, -0.05) is 0 Å². The second-order valence-corrected chi connectivity index (χ2v) is 6.34. The molecule has 132 valence electrons. The fourth-order valence-corrected chi connectivity index (χ4v) is 2.27. The summed E-state index contributed by atoms with van der Waals surface area (Å²) >= 11 is 2.15. The number of hydrogen-bond donors (Lipinski definition) is 2. The fraction of sp³-hybridized carbons (Fsp3) is 0.111. The maximum absolute atomic E-state index is 11.9. The molecule has 2 aromatic rings. The van der Waals surface area contributed by atoms with E-state index in [4.69, 9.17) is 10.00 Å². The normalized spacial score (nSPS) is 9.69. The molecular formula is C18H14IN3O4. The van der Waals surface area contributed by atoms with Crippen LogP contribution in [0.1, 0.15) is 16.8 Å². The highest BCUT2D eigenvalue weighted by Gasteiger charge is 2.11. The molecule has 0 aliphatic carbocycles. The molecule has 2 aromatic carbocycles. The Balaban J connectivity index is 1.83. The van der Waals surface area contributed by atoms with Gasteiger partial charge in [-0.05, 0) is 71.1 Å². The van der Waals surface area contributed by atoms with Crippen molar-refractivity contribution in [3.8, 4) is 6.07 Å². The summed E-state index contributed by atoms with van der Waals surface area (Å²) in [5, 5.41) is 13.6. The van der Waals surface area contributed by atoms with Crippen LogP contribution in [0.4, 0.5) is 11.4 Å². The summed E-state index contributed by atoms with van der Waals surface area (Å²) < 4.78 is 6.00. The van der Waals surface area contributed by atoms with Crippen LogP contribution in [0.3, 0.4) is 0 Å². The molecule has 0 fully saturated rings. The second kappa shape index (κ2) is 9.53. The Bertz CT molecular complexity index is 842. The van der Waals surface area contributed by atoms with E-state index in [0.29, 0.717) is 11.4 Å². The molecule has 0 atom stereocenters. The fourth-order valence-electron chi connectivity index (χ4n) is 1.91. The van der Waals surface area contributed by atoms with Crippen molar-refractivity contribution in [2.24, 2.45) is 0 Å². The maximum atomic E-state index is 11.9. The van der Waals surface area contributed by atoms with E-state index in [2.05, 4.69) is 33.2 Å². The number of carbonyl (C=O) groups excluding carboxylic acids is 3. The SMILES string of the molecule is N#CCC(=O)Nc1ccc(C(=O)OCC(=O)Nc2ccc(I)cc2)cc1. The van der Waals surface area contributed by atoms with Crippen LogP contribution in [-0.4, -0.2) is 24.4 Å². The Kier molecular flexibility index (Phi) is 7.11. The highest BCUT2D eigenvalue weighted by Crippen LogP contribution is 2.12. The average molecular weight is 463 g/mol. The lowest BCUT2D eigenvalue weighted by Crippen LogP contribution is -2.21. The lowest BCUT2D eigenvalue weighted by molar-refractivity contribution is -0.119. The number of hydrogen-bond acceptors (Lipinski definition) is 5. The third kappa shape index (κ3) is 6.18. The van der Waals surface area contributed by atoms with E-state index in [1.54, 1.807) is 18.2 Å². The van der Waals surface area contributed by atoms with E-state index in [1.165, 1.54) is 24.3 Å². The van der Waals surface area contributed by atoms with Crippen LogP contribution in [0, 0.1) is 14.9 Å². The van der Waals surface area contributed by atoms with Crippen LogP contribution in [0.5, 0.6) is 0 Å². The summed E-state index contributed by atoms with van der Waals surface area (Å²) in [5.74, 6) is -1.53. The molecule has 0 unspecified atom stereocenters. The summed E-state index contributed by atoms with van der Waals surface area (Å²) in [6.07, 6.45) is -0.251. The van der Waals surface area contributed by atoms with Crippen molar-refractivity contribution in [1.82, 2.24) is 0 Å². The minimum absolute atomic E-state index is 0.241. The number of benzene rings is 2. The van der Waals surface area contributed by atoms with E-state index in [0.717, 1.165) is 3.57 Å². The predicted octanol–water partition coefficient (Wildman–Crippen LogP) is 2.94. The van der Waals surface area contributed by atoms with Crippen molar-refractivity contribution >= 4 is 51.7 Å². The van der Waals surface area contributed by atoms with Crippen molar-refractivity contribution in [1.29, 1.82) is 5.26 Å². The van der Waals surface area contributed by atoms with E-state index < -0.39 is 24.4 Å². The Hall–Kier alpha value is -2.93. The smallest absolute Gasteiger partial charge is 0.338 e. The molecule has 0 aromatic heterocycles. The first-order valence-electron chi connectivity index (χ1n) is 7.47. The molecule has 0 spiro atoms. The average Bonchev–Trinajstić information content (AvgIpc) is 2.62.